The van der Waals surface area contributed by atoms with Gasteiger partial charge in [-0.15, -0.1) is 0 Å². The first-order valence-corrected chi connectivity index (χ1v) is 13.9. The second kappa shape index (κ2) is 11.8. The average Bonchev–Trinajstić information content (AvgIpc) is 3.40. The van der Waals surface area contributed by atoms with Gasteiger partial charge in [-0.05, 0) is 60.2 Å². The molecule has 0 unspecified atom stereocenters. The van der Waals surface area contributed by atoms with Gasteiger partial charge in [-0.25, -0.2) is 4.98 Å². The standard InChI is InChI=1S/C31H31F3N8O/c1-40(2)26-5-3-4-24(18-26)37-30-38-28(36-23-10-12-25(13-11-23)41-14-16-43-17-15-41)27-29(39-30)42(20-35-27)19-21-6-8-22(9-7-21)31(32,33)34/h3-13,18,20H,14-17,19H2,1-2H3,(H2,36,37,38,39). The van der Waals surface area contributed by atoms with Crippen LogP contribution < -0.4 is 20.4 Å². The Morgan fingerprint density at radius 2 is 1.63 bits per heavy atom. The van der Waals surface area contributed by atoms with E-state index in [1.165, 1.54) is 12.1 Å². The van der Waals surface area contributed by atoms with Gasteiger partial charge < -0.3 is 29.7 Å². The number of anilines is 6. The molecule has 1 aliphatic heterocycles. The molecule has 0 spiro atoms. The van der Waals surface area contributed by atoms with Crippen molar-refractivity contribution in [2.24, 2.45) is 0 Å². The van der Waals surface area contributed by atoms with Crippen molar-refractivity contribution in [1.82, 2.24) is 19.5 Å². The number of morpholine rings is 1. The summed E-state index contributed by atoms with van der Waals surface area (Å²) in [4.78, 5) is 18.4. The molecule has 0 bridgehead atoms. The smallest absolute Gasteiger partial charge is 0.378 e. The van der Waals surface area contributed by atoms with Crippen LogP contribution in [0.5, 0.6) is 0 Å². The predicted molar refractivity (Wildman–Crippen MR) is 163 cm³/mol. The zero-order valence-corrected chi connectivity index (χ0v) is 23.8. The van der Waals surface area contributed by atoms with E-state index in [2.05, 4.69) is 32.7 Å². The Hall–Kier alpha value is -4.84. The molecule has 3 heterocycles. The first kappa shape index (κ1) is 28.3. The molecule has 222 valence electrons. The number of hydrogen-bond acceptors (Lipinski definition) is 8. The minimum atomic E-state index is -4.39. The zero-order valence-electron chi connectivity index (χ0n) is 23.8. The van der Waals surface area contributed by atoms with Crippen molar-refractivity contribution in [1.29, 1.82) is 0 Å². The summed E-state index contributed by atoms with van der Waals surface area (Å²) in [7, 11) is 3.93. The second-order valence-electron chi connectivity index (χ2n) is 10.5. The molecule has 0 atom stereocenters. The Morgan fingerprint density at radius 3 is 2.33 bits per heavy atom. The maximum absolute atomic E-state index is 13.1. The minimum absolute atomic E-state index is 0.287. The third-order valence-corrected chi connectivity index (χ3v) is 7.22. The van der Waals surface area contributed by atoms with Crippen molar-refractivity contribution >= 4 is 45.7 Å². The number of aromatic nitrogens is 4. The van der Waals surface area contributed by atoms with Crippen molar-refractivity contribution in [2.45, 2.75) is 12.7 Å². The van der Waals surface area contributed by atoms with E-state index in [-0.39, 0.29) is 6.54 Å². The van der Waals surface area contributed by atoms with Gasteiger partial charge in [-0.1, -0.05) is 18.2 Å². The number of benzene rings is 3. The number of rotatable bonds is 8. The van der Waals surface area contributed by atoms with Crippen LogP contribution in [0.3, 0.4) is 0 Å². The topological polar surface area (TPSA) is 83.4 Å². The number of nitrogens with zero attached hydrogens (tertiary/aromatic N) is 6. The number of halogens is 3. The van der Waals surface area contributed by atoms with Gasteiger partial charge in [0.05, 0.1) is 31.6 Å². The fourth-order valence-corrected chi connectivity index (χ4v) is 4.90. The lowest BCUT2D eigenvalue weighted by Crippen LogP contribution is -2.36. The molecule has 0 radical (unpaired) electrons. The molecule has 0 amide bonds. The van der Waals surface area contributed by atoms with E-state index >= 15 is 0 Å². The molecular weight excluding hydrogens is 557 g/mol. The first-order chi connectivity index (χ1) is 20.7. The fraction of sp³-hybridized carbons (Fsp3) is 0.258. The van der Waals surface area contributed by atoms with E-state index in [0.29, 0.717) is 41.7 Å². The largest absolute Gasteiger partial charge is 0.416 e. The number of nitrogens with one attached hydrogen (secondary N) is 2. The summed E-state index contributed by atoms with van der Waals surface area (Å²) in [6.07, 6.45) is -2.76. The highest BCUT2D eigenvalue weighted by Crippen LogP contribution is 2.31. The molecule has 0 aliphatic carbocycles. The molecule has 1 saturated heterocycles. The molecule has 2 aromatic heterocycles. The van der Waals surface area contributed by atoms with E-state index in [4.69, 9.17) is 14.7 Å². The maximum Gasteiger partial charge on any atom is 0.416 e. The lowest BCUT2D eigenvalue weighted by molar-refractivity contribution is -0.137. The van der Waals surface area contributed by atoms with Gasteiger partial charge in [0.1, 0.15) is 0 Å². The van der Waals surface area contributed by atoms with Gasteiger partial charge in [0.25, 0.3) is 0 Å². The third kappa shape index (κ3) is 6.49. The molecule has 6 rings (SSSR count). The quantitative estimate of drug-likeness (QED) is 0.219. The summed E-state index contributed by atoms with van der Waals surface area (Å²) >= 11 is 0. The molecule has 43 heavy (non-hydrogen) atoms. The summed E-state index contributed by atoms with van der Waals surface area (Å²) in [5.41, 5.74) is 4.84. The number of alkyl halides is 3. The third-order valence-electron chi connectivity index (χ3n) is 7.22. The molecule has 9 nitrogen and oxygen atoms in total. The second-order valence-corrected chi connectivity index (χ2v) is 10.5. The van der Waals surface area contributed by atoms with Gasteiger partial charge in [-0.2, -0.15) is 23.1 Å². The molecule has 1 fully saturated rings. The Morgan fingerprint density at radius 1 is 0.884 bits per heavy atom. The number of imidazole rings is 1. The highest BCUT2D eigenvalue weighted by atomic mass is 19.4. The fourth-order valence-electron chi connectivity index (χ4n) is 4.90. The van der Waals surface area contributed by atoms with Crippen LogP contribution in [-0.4, -0.2) is 59.9 Å². The van der Waals surface area contributed by atoms with Crippen LogP contribution in [0, 0.1) is 0 Å². The normalized spacial score (nSPS) is 13.7. The SMILES string of the molecule is CN(C)c1cccc(Nc2nc(Nc3ccc(N4CCOCC4)cc3)c3ncn(Cc4ccc(C(F)(F)F)cc4)c3n2)c1. The van der Waals surface area contributed by atoms with E-state index in [9.17, 15) is 13.2 Å². The lowest BCUT2D eigenvalue weighted by Gasteiger charge is -2.28. The van der Waals surface area contributed by atoms with Crippen LogP contribution >= 0.6 is 0 Å². The van der Waals surface area contributed by atoms with Crippen molar-refractivity contribution in [3.8, 4) is 0 Å². The van der Waals surface area contributed by atoms with E-state index < -0.39 is 11.7 Å². The number of ether oxygens (including phenoxy) is 1. The van der Waals surface area contributed by atoms with Crippen LogP contribution in [0.2, 0.25) is 0 Å². The van der Waals surface area contributed by atoms with Crippen molar-refractivity contribution in [3.63, 3.8) is 0 Å². The van der Waals surface area contributed by atoms with Crippen LogP contribution in [0.25, 0.3) is 11.2 Å². The predicted octanol–water partition coefficient (Wildman–Crippen LogP) is 6.28. The Balaban J connectivity index is 1.33. The summed E-state index contributed by atoms with van der Waals surface area (Å²) < 4.78 is 46.5. The summed E-state index contributed by atoms with van der Waals surface area (Å²) in [5.74, 6) is 0.853. The van der Waals surface area contributed by atoms with Crippen molar-refractivity contribution < 1.29 is 17.9 Å². The highest BCUT2D eigenvalue weighted by Gasteiger charge is 2.30. The maximum atomic E-state index is 13.1. The lowest BCUT2D eigenvalue weighted by atomic mass is 10.1. The number of fused-ring (bicyclic) bond motifs is 1. The monoisotopic (exact) mass is 588 g/mol. The van der Waals surface area contributed by atoms with Crippen LogP contribution in [0.4, 0.5) is 47.7 Å². The highest BCUT2D eigenvalue weighted by molar-refractivity contribution is 5.87. The molecular formula is C31H31F3N8O. The first-order valence-electron chi connectivity index (χ1n) is 13.9. The molecule has 5 aromatic rings. The number of hydrogen-bond donors (Lipinski definition) is 2. The van der Waals surface area contributed by atoms with E-state index in [1.54, 1.807) is 10.9 Å². The zero-order chi connectivity index (χ0) is 30.0. The molecule has 0 saturated carbocycles. The molecule has 1 aliphatic rings. The van der Waals surface area contributed by atoms with Gasteiger partial charge >= 0.3 is 6.18 Å². The van der Waals surface area contributed by atoms with Gasteiger partial charge in [0.2, 0.25) is 5.95 Å². The summed E-state index contributed by atoms with van der Waals surface area (Å²) in [6, 6.07) is 21.1. The average molecular weight is 589 g/mol. The van der Waals surface area contributed by atoms with Crippen LogP contribution in [0.15, 0.2) is 79.1 Å². The van der Waals surface area contributed by atoms with Gasteiger partial charge in [0, 0.05) is 49.9 Å². The molecule has 12 heteroatoms. The Bertz CT molecular complexity index is 1700. The van der Waals surface area contributed by atoms with E-state index in [0.717, 1.165) is 48.0 Å². The summed E-state index contributed by atoms with van der Waals surface area (Å²) in [5, 5.41) is 6.69. The Labute approximate surface area is 247 Å². The van der Waals surface area contributed by atoms with Gasteiger partial charge in [-0.3, -0.25) is 0 Å². The summed E-state index contributed by atoms with van der Waals surface area (Å²) in [6.45, 7) is 3.40. The molecule has 2 N–H and O–H groups in total. The van der Waals surface area contributed by atoms with Crippen molar-refractivity contribution in [2.75, 3.05) is 60.8 Å². The van der Waals surface area contributed by atoms with Crippen molar-refractivity contribution in [3.05, 3.63) is 90.3 Å². The van der Waals surface area contributed by atoms with E-state index in [1.807, 2.05) is 55.4 Å². The van der Waals surface area contributed by atoms with Crippen LogP contribution in [0.1, 0.15) is 11.1 Å². The molecule has 3 aromatic carbocycles. The van der Waals surface area contributed by atoms with Gasteiger partial charge in [0.15, 0.2) is 17.0 Å². The minimum Gasteiger partial charge on any atom is -0.378 e. The Kier molecular flexibility index (Phi) is 7.76. The van der Waals surface area contributed by atoms with Crippen LogP contribution in [-0.2, 0) is 17.5 Å².